The Balaban J connectivity index is 1.52. The molecule has 0 saturated carbocycles. The first kappa shape index (κ1) is 20.3. The summed E-state index contributed by atoms with van der Waals surface area (Å²) in [6, 6.07) is 5.36. The number of aromatic carboxylic acids is 1. The summed E-state index contributed by atoms with van der Waals surface area (Å²) in [6.45, 7) is 1.20. The van der Waals surface area contributed by atoms with Gasteiger partial charge in [-0.1, -0.05) is 35.0 Å². The summed E-state index contributed by atoms with van der Waals surface area (Å²) in [6.07, 6.45) is 1.33. The number of thioether (sulfide) groups is 1. The highest BCUT2D eigenvalue weighted by Crippen LogP contribution is 2.28. The van der Waals surface area contributed by atoms with E-state index in [1.54, 1.807) is 12.1 Å². The lowest BCUT2D eigenvalue weighted by Gasteiger charge is -2.25. The Morgan fingerprint density at radius 3 is 2.96 bits per heavy atom. The topological polar surface area (TPSA) is 82.5 Å². The number of hydrogen-bond acceptors (Lipinski definition) is 6. The molecule has 144 valence electrons. The molecule has 0 radical (unpaired) electrons. The average molecular weight is 446 g/mol. The van der Waals surface area contributed by atoms with Crippen LogP contribution in [-0.2, 0) is 4.79 Å². The number of nitrogens with zero attached hydrogens (tertiary/aromatic N) is 2. The zero-order valence-corrected chi connectivity index (χ0v) is 17.3. The van der Waals surface area contributed by atoms with Crippen LogP contribution in [0.15, 0.2) is 27.9 Å². The van der Waals surface area contributed by atoms with Gasteiger partial charge in [-0.2, -0.15) is 0 Å². The molecular weight excluding hydrogens is 429 g/mol. The van der Waals surface area contributed by atoms with E-state index in [2.05, 4.69) is 10.3 Å². The minimum Gasteiger partial charge on any atom is -0.476 e. The average Bonchev–Trinajstić information content (AvgIpc) is 3.22. The molecule has 1 fully saturated rings. The third-order valence-electron chi connectivity index (χ3n) is 4.17. The van der Waals surface area contributed by atoms with E-state index in [0.29, 0.717) is 39.6 Å². The van der Waals surface area contributed by atoms with E-state index >= 15 is 0 Å². The number of carboxylic acids is 1. The number of carbonyl (C=O) groups is 2. The van der Waals surface area contributed by atoms with Gasteiger partial charge >= 0.3 is 5.97 Å². The second-order valence-corrected chi connectivity index (χ2v) is 8.98. The van der Waals surface area contributed by atoms with Gasteiger partial charge in [0.05, 0.1) is 10.7 Å². The number of halogens is 2. The lowest BCUT2D eigenvalue weighted by molar-refractivity contribution is -0.128. The van der Waals surface area contributed by atoms with Crippen molar-refractivity contribution in [3.8, 4) is 0 Å². The van der Waals surface area contributed by atoms with Gasteiger partial charge < -0.3 is 15.3 Å². The van der Waals surface area contributed by atoms with E-state index in [9.17, 15) is 9.59 Å². The number of amides is 1. The summed E-state index contributed by atoms with van der Waals surface area (Å²) in [7, 11) is 0. The first-order valence-electron chi connectivity index (χ1n) is 8.24. The Hall–Kier alpha value is -1.48. The molecule has 0 spiro atoms. The summed E-state index contributed by atoms with van der Waals surface area (Å²) in [5, 5.41) is 14.8. The fourth-order valence-electron chi connectivity index (χ4n) is 2.83. The Morgan fingerprint density at radius 2 is 2.26 bits per heavy atom. The molecule has 1 aromatic carbocycles. The van der Waals surface area contributed by atoms with Crippen molar-refractivity contribution >= 4 is 63.9 Å². The fraction of sp³-hybridized carbons (Fsp3) is 0.353. The Morgan fingerprint density at radius 1 is 1.44 bits per heavy atom. The molecule has 1 aliphatic rings. The molecule has 27 heavy (non-hydrogen) atoms. The van der Waals surface area contributed by atoms with Crippen molar-refractivity contribution in [2.75, 3.05) is 24.2 Å². The Kier molecular flexibility index (Phi) is 6.86. The smallest absolute Gasteiger partial charge is 0.355 e. The minimum atomic E-state index is -1.03. The highest BCUT2D eigenvalue weighted by atomic mass is 35.5. The van der Waals surface area contributed by atoms with E-state index in [1.807, 2.05) is 11.0 Å². The van der Waals surface area contributed by atoms with Crippen LogP contribution >= 0.6 is 46.3 Å². The quantitative estimate of drug-likeness (QED) is 0.587. The van der Waals surface area contributed by atoms with Gasteiger partial charge in [0.1, 0.15) is 0 Å². The van der Waals surface area contributed by atoms with Crippen LogP contribution in [0.3, 0.4) is 0 Å². The lowest BCUT2D eigenvalue weighted by atomic mass is 10.2. The molecule has 0 bridgehead atoms. The first-order chi connectivity index (χ1) is 12.9. The zero-order valence-electron chi connectivity index (χ0n) is 14.2. The second kappa shape index (κ2) is 9.14. The predicted molar refractivity (Wildman–Crippen MR) is 109 cm³/mol. The number of likely N-dealkylation sites (tertiary alicyclic amines) is 1. The number of carbonyl (C=O) groups excluding carboxylic acids is 1. The van der Waals surface area contributed by atoms with Crippen LogP contribution < -0.4 is 5.32 Å². The molecule has 1 saturated heterocycles. The van der Waals surface area contributed by atoms with Gasteiger partial charge in [0.2, 0.25) is 5.91 Å². The highest BCUT2D eigenvalue weighted by molar-refractivity contribution is 8.01. The largest absolute Gasteiger partial charge is 0.476 e. The number of carboxylic acid groups (broad SMARTS) is 1. The molecule has 2 heterocycles. The lowest BCUT2D eigenvalue weighted by Crippen LogP contribution is -2.39. The number of anilines is 1. The Labute approximate surface area is 174 Å². The maximum absolute atomic E-state index is 12.2. The molecule has 2 aromatic rings. The second-order valence-electron chi connectivity index (χ2n) is 5.94. The van der Waals surface area contributed by atoms with E-state index in [0.717, 1.165) is 12.1 Å². The van der Waals surface area contributed by atoms with Crippen LogP contribution in [0.5, 0.6) is 0 Å². The molecule has 2 N–H and O–H groups in total. The van der Waals surface area contributed by atoms with Gasteiger partial charge in [-0.25, -0.2) is 9.78 Å². The maximum atomic E-state index is 12.2. The molecule has 6 nitrogen and oxygen atoms in total. The van der Waals surface area contributed by atoms with Gasteiger partial charge in [0.25, 0.3) is 0 Å². The Bertz CT molecular complexity index is 847. The van der Waals surface area contributed by atoms with Crippen molar-refractivity contribution in [1.82, 2.24) is 9.88 Å². The monoisotopic (exact) mass is 445 g/mol. The summed E-state index contributed by atoms with van der Waals surface area (Å²) >= 11 is 14.9. The van der Waals surface area contributed by atoms with Crippen LogP contribution in [0, 0.1) is 0 Å². The summed E-state index contributed by atoms with van der Waals surface area (Å²) in [4.78, 5) is 29.0. The maximum Gasteiger partial charge on any atom is 0.355 e. The molecule has 1 aromatic heterocycles. The molecule has 10 heteroatoms. The molecular formula is C17H17Cl2N3O3S2. The normalized spacial score (nSPS) is 16.7. The molecule has 1 aliphatic heterocycles. The van der Waals surface area contributed by atoms with E-state index in [1.165, 1.54) is 28.5 Å². The van der Waals surface area contributed by atoms with E-state index in [-0.39, 0.29) is 17.6 Å². The fourth-order valence-corrected chi connectivity index (χ4v) is 5.11. The zero-order chi connectivity index (χ0) is 19.4. The van der Waals surface area contributed by atoms with Gasteiger partial charge in [-0.05, 0) is 24.6 Å². The number of thiazole rings is 1. The van der Waals surface area contributed by atoms with Crippen molar-refractivity contribution in [1.29, 1.82) is 0 Å². The van der Waals surface area contributed by atoms with Crippen LogP contribution in [0.1, 0.15) is 23.3 Å². The number of benzene rings is 1. The number of rotatable bonds is 8. The SMILES string of the molecule is O=C(O)c1csc(SCCN2C(=O)CC[C@@H]2CNc2ccc(Cl)cc2Cl)n1. The summed E-state index contributed by atoms with van der Waals surface area (Å²) < 4.78 is 0.696. The molecule has 0 aliphatic carbocycles. The number of aromatic nitrogens is 1. The summed E-state index contributed by atoms with van der Waals surface area (Å²) in [5.74, 6) is -0.231. The predicted octanol–water partition coefficient (Wildman–Crippen LogP) is 4.34. The van der Waals surface area contributed by atoms with Crippen molar-refractivity contribution in [2.45, 2.75) is 23.2 Å². The minimum absolute atomic E-state index is 0.0571. The first-order valence-corrected chi connectivity index (χ1v) is 10.9. The van der Waals surface area contributed by atoms with Crippen LogP contribution in [-0.4, -0.2) is 51.8 Å². The van der Waals surface area contributed by atoms with Gasteiger partial charge in [0.15, 0.2) is 10.0 Å². The van der Waals surface area contributed by atoms with E-state index < -0.39 is 5.97 Å². The van der Waals surface area contributed by atoms with Crippen LogP contribution in [0.2, 0.25) is 10.0 Å². The van der Waals surface area contributed by atoms with Crippen LogP contribution in [0.25, 0.3) is 0 Å². The van der Waals surface area contributed by atoms with Gasteiger partial charge in [0, 0.05) is 41.7 Å². The van der Waals surface area contributed by atoms with E-state index in [4.69, 9.17) is 28.3 Å². The highest BCUT2D eigenvalue weighted by Gasteiger charge is 2.30. The number of nitrogens with one attached hydrogen (secondary N) is 1. The molecule has 3 rings (SSSR count). The number of hydrogen-bond donors (Lipinski definition) is 2. The van der Waals surface area contributed by atoms with Crippen molar-refractivity contribution < 1.29 is 14.7 Å². The van der Waals surface area contributed by atoms with Crippen molar-refractivity contribution in [3.63, 3.8) is 0 Å². The third-order valence-corrected chi connectivity index (χ3v) is 6.72. The van der Waals surface area contributed by atoms with Gasteiger partial charge in [-0.15, -0.1) is 11.3 Å². The summed E-state index contributed by atoms with van der Waals surface area (Å²) in [5.41, 5.74) is 0.848. The molecule has 0 unspecified atom stereocenters. The molecule has 1 atom stereocenters. The van der Waals surface area contributed by atoms with Crippen LogP contribution in [0.4, 0.5) is 5.69 Å². The third kappa shape index (κ3) is 5.28. The van der Waals surface area contributed by atoms with Crippen molar-refractivity contribution in [2.24, 2.45) is 0 Å². The van der Waals surface area contributed by atoms with Crippen molar-refractivity contribution in [3.05, 3.63) is 39.3 Å². The standard InChI is InChI=1S/C17H17Cl2N3O3S2/c18-10-1-3-13(12(19)7-10)20-8-11-2-4-15(23)22(11)5-6-26-17-21-14(9-27-17)16(24)25/h1,3,7,9,11,20H,2,4-6,8H2,(H,24,25)/t11-/m1/s1. The van der Waals surface area contributed by atoms with Gasteiger partial charge in [-0.3, -0.25) is 4.79 Å². The molecule has 1 amide bonds.